The van der Waals surface area contributed by atoms with E-state index in [-0.39, 0.29) is 34.2 Å². The van der Waals surface area contributed by atoms with E-state index in [0.717, 1.165) is 30.9 Å². The zero-order valence-electron chi connectivity index (χ0n) is 27.1. The van der Waals surface area contributed by atoms with E-state index in [1.807, 2.05) is 0 Å². The molecular weight excluding hydrogens is 740 g/mol. The van der Waals surface area contributed by atoms with Crippen molar-refractivity contribution in [2.45, 2.75) is 43.7 Å². The maximum Gasteiger partial charge on any atom is 0.341 e. The first-order chi connectivity index (χ1) is 24.0. The molecule has 0 fully saturated rings. The standard InChI is InChI=1S/C18H15ClFNO3.C12H13ClN6O7S/c1-3-10(2)24-16-9-15(14(20)8-13(16)19)21-17(22)11-6-4-5-7-12(11)18(21)23;1-19-9(7(10(20)21)8(13)17-19)27(23,24)18-12(22)16-11-14-5(25-2)4-6(15-11)26-3/h1,8-10H,4-7H2,2H3;4H,1-3H3,(H,20,21)(H2,14,15,16,18,22). The monoisotopic (exact) mass is 767 g/mol. The number of anilines is 2. The lowest BCUT2D eigenvalue weighted by atomic mass is 9.93. The van der Waals surface area contributed by atoms with E-state index < -0.39 is 61.5 Å². The highest BCUT2D eigenvalue weighted by atomic mass is 35.5. The Morgan fingerprint density at radius 2 is 1.63 bits per heavy atom. The SMILES string of the molecule is C#CC(C)Oc1cc(N2C(=O)C3=C(CCCC3)C2=O)c(F)cc1Cl.COc1cc(OC)nc(NC(=O)NS(=O)(=O)c2c(C(=O)O)c(Cl)nn2C)n1. The minimum Gasteiger partial charge on any atom is -0.481 e. The number of terminal acetylenes is 1. The smallest absolute Gasteiger partial charge is 0.341 e. The van der Waals surface area contributed by atoms with Gasteiger partial charge in [0.05, 0.1) is 31.0 Å². The molecule has 2 aliphatic rings. The predicted octanol–water partition coefficient (Wildman–Crippen LogP) is 3.71. The summed E-state index contributed by atoms with van der Waals surface area (Å²) in [5.41, 5.74) is 0.0295. The minimum absolute atomic E-state index is 0.0233. The second-order valence-electron chi connectivity index (χ2n) is 10.5. The number of aryl methyl sites for hydroxylation is 1. The van der Waals surface area contributed by atoms with Crippen molar-refractivity contribution < 1.29 is 51.3 Å². The third-order valence-electron chi connectivity index (χ3n) is 7.14. The van der Waals surface area contributed by atoms with E-state index in [9.17, 15) is 32.0 Å². The van der Waals surface area contributed by atoms with Gasteiger partial charge < -0.3 is 19.3 Å². The topological polar surface area (TPSA) is 221 Å². The molecule has 1 aromatic carbocycles. The second kappa shape index (κ2) is 15.6. The molecule has 1 aliphatic heterocycles. The molecule has 5 rings (SSSR count). The van der Waals surface area contributed by atoms with Gasteiger partial charge in [-0.1, -0.05) is 29.1 Å². The van der Waals surface area contributed by atoms with Gasteiger partial charge in [-0.05, 0) is 38.7 Å². The molecule has 270 valence electrons. The third kappa shape index (κ3) is 8.30. The zero-order valence-corrected chi connectivity index (χ0v) is 29.4. The molecule has 1 atom stereocenters. The van der Waals surface area contributed by atoms with Gasteiger partial charge in [0.2, 0.25) is 17.7 Å². The van der Waals surface area contributed by atoms with Crippen LogP contribution >= 0.6 is 23.2 Å². The van der Waals surface area contributed by atoms with Gasteiger partial charge in [0.1, 0.15) is 17.1 Å². The fourth-order valence-corrected chi connectivity index (χ4v) is 6.66. The van der Waals surface area contributed by atoms with Crippen molar-refractivity contribution in [1.82, 2.24) is 24.5 Å². The number of carboxylic acids is 1. The lowest BCUT2D eigenvalue weighted by Gasteiger charge is -2.19. The Labute approximate surface area is 299 Å². The van der Waals surface area contributed by atoms with Crippen LogP contribution in [0.25, 0.3) is 0 Å². The molecule has 3 heterocycles. The number of imide groups is 1. The number of amides is 4. The third-order valence-corrected chi connectivity index (χ3v) is 9.13. The molecule has 17 nitrogen and oxygen atoms in total. The van der Waals surface area contributed by atoms with Crippen LogP contribution in [0, 0.1) is 18.2 Å². The number of nitrogens with zero attached hydrogens (tertiary/aromatic N) is 5. The van der Waals surface area contributed by atoms with Crippen molar-refractivity contribution in [3.8, 4) is 29.9 Å². The van der Waals surface area contributed by atoms with Gasteiger partial charge in [-0.25, -0.2) is 23.6 Å². The van der Waals surface area contributed by atoms with Crippen molar-refractivity contribution in [3.05, 3.63) is 50.9 Å². The molecule has 1 aliphatic carbocycles. The number of hydrogen-bond acceptors (Lipinski definition) is 12. The Hall–Kier alpha value is -5.45. The Morgan fingerprint density at radius 1 is 1.06 bits per heavy atom. The predicted molar refractivity (Wildman–Crippen MR) is 178 cm³/mol. The number of ether oxygens (including phenoxy) is 3. The number of carboxylic acid groups (broad SMARTS) is 1. The maximum absolute atomic E-state index is 14.4. The molecule has 1 unspecified atom stereocenters. The average molecular weight is 769 g/mol. The van der Waals surface area contributed by atoms with Gasteiger partial charge in [-0.3, -0.25) is 19.6 Å². The van der Waals surface area contributed by atoms with Crippen LogP contribution in [-0.2, 0) is 26.7 Å². The summed E-state index contributed by atoms with van der Waals surface area (Å²) >= 11 is 11.6. The summed E-state index contributed by atoms with van der Waals surface area (Å²) in [5, 5.41) is 13.4. The number of carbonyl (C=O) groups excluding carboxylic acids is 3. The summed E-state index contributed by atoms with van der Waals surface area (Å²) in [5.74, 6) is -1.05. The van der Waals surface area contributed by atoms with Crippen LogP contribution in [0.1, 0.15) is 43.0 Å². The molecule has 0 spiro atoms. The number of halogens is 3. The van der Waals surface area contributed by atoms with Crippen molar-refractivity contribution in [3.63, 3.8) is 0 Å². The molecule has 4 amide bonds. The summed E-state index contributed by atoms with van der Waals surface area (Å²) < 4.78 is 56.7. The Morgan fingerprint density at radius 3 is 2.14 bits per heavy atom. The fourth-order valence-electron chi connectivity index (χ4n) is 4.89. The van der Waals surface area contributed by atoms with Crippen LogP contribution in [0.4, 0.5) is 20.8 Å². The molecular formula is C30H28Cl2FN7O10S. The number of rotatable bonds is 9. The lowest BCUT2D eigenvalue weighted by molar-refractivity contribution is -0.120. The summed E-state index contributed by atoms with van der Waals surface area (Å²) in [4.78, 5) is 56.8. The van der Waals surface area contributed by atoms with Gasteiger partial charge in [0, 0.05) is 24.3 Å². The normalized spacial score (nSPS) is 14.5. The number of nitrogens with one attached hydrogen (secondary N) is 2. The van der Waals surface area contributed by atoms with Crippen LogP contribution in [0.15, 0.2) is 34.4 Å². The average Bonchev–Trinajstić information content (AvgIpc) is 3.53. The number of aromatic carboxylic acids is 1. The van der Waals surface area contributed by atoms with Crippen molar-refractivity contribution in [2.24, 2.45) is 7.05 Å². The Kier molecular flexibility index (Phi) is 11.7. The quantitative estimate of drug-likeness (QED) is 0.209. The second-order valence-corrected chi connectivity index (χ2v) is 12.9. The van der Waals surface area contributed by atoms with Crippen LogP contribution in [0.5, 0.6) is 17.5 Å². The summed E-state index contributed by atoms with van der Waals surface area (Å²) in [7, 11) is -0.858. The number of hydrogen-bond donors (Lipinski definition) is 3. The van der Waals surface area contributed by atoms with E-state index in [1.54, 1.807) is 11.6 Å². The molecule has 3 N–H and O–H groups in total. The van der Waals surface area contributed by atoms with E-state index in [2.05, 4.69) is 26.3 Å². The molecule has 0 radical (unpaired) electrons. The zero-order chi connectivity index (χ0) is 37.8. The Balaban J connectivity index is 0.000000230. The van der Waals surface area contributed by atoms with E-state index in [4.69, 9.17) is 48.9 Å². The van der Waals surface area contributed by atoms with Crippen LogP contribution in [-0.4, -0.2) is 77.4 Å². The summed E-state index contributed by atoms with van der Waals surface area (Å²) in [6.45, 7) is 1.63. The molecule has 51 heavy (non-hydrogen) atoms. The highest BCUT2D eigenvalue weighted by molar-refractivity contribution is 7.90. The Bertz CT molecular complexity index is 2070. The van der Waals surface area contributed by atoms with Gasteiger partial charge in [-0.2, -0.15) is 23.5 Å². The van der Waals surface area contributed by atoms with E-state index in [1.165, 1.54) is 26.4 Å². The lowest BCUT2D eigenvalue weighted by Crippen LogP contribution is -2.36. The number of benzene rings is 1. The first-order valence-electron chi connectivity index (χ1n) is 14.5. The minimum atomic E-state index is -4.64. The largest absolute Gasteiger partial charge is 0.481 e. The summed E-state index contributed by atoms with van der Waals surface area (Å²) in [6, 6.07) is 2.34. The van der Waals surface area contributed by atoms with Crippen LogP contribution in [0.2, 0.25) is 10.2 Å². The molecule has 0 saturated carbocycles. The van der Waals surface area contributed by atoms with Gasteiger partial charge >= 0.3 is 12.0 Å². The number of methoxy groups -OCH3 is 2. The van der Waals surface area contributed by atoms with Gasteiger partial charge in [0.25, 0.3) is 21.8 Å². The molecule has 0 saturated heterocycles. The number of urea groups is 1. The van der Waals surface area contributed by atoms with Crippen molar-refractivity contribution >= 4 is 68.7 Å². The molecule has 3 aromatic rings. The van der Waals surface area contributed by atoms with Gasteiger partial charge in [0.15, 0.2) is 16.3 Å². The highest BCUT2D eigenvalue weighted by Gasteiger charge is 2.41. The maximum atomic E-state index is 14.4. The van der Waals surface area contributed by atoms with Crippen molar-refractivity contribution in [1.29, 1.82) is 0 Å². The first-order valence-corrected chi connectivity index (χ1v) is 16.8. The number of aromatic nitrogens is 4. The highest BCUT2D eigenvalue weighted by Crippen LogP contribution is 2.39. The number of sulfonamides is 1. The number of carbonyl (C=O) groups is 4. The van der Waals surface area contributed by atoms with E-state index in [0.29, 0.717) is 28.7 Å². The summed E-state index contributed by atoms with van der Waals surface area (Å²) in [6.07, 6.45) is 7.47. The van der Waals surface area contributed by atoms with Crippen molar-refractivity contribution in [2.75, 3.05) is 24.4 Å². The molecule has 21 heteroatoms. The molecule has 2 aromatic heterocycles. The first kappa shape index (κ1) is 38.4. The van der Waals surface area contributed by atoms with Crippen LogP contribution < -0.4 is 29.1 Å². The van der Waals surface area contributed by atoms with Gasteiger partial charge in [-0.15, -0.1) is 6.42 Å². The fraction of sp³-hybridized carbons (Fsp3) is 0.300. The van der Waals surface area contributed by atoms with Crippen LogP contribution in [0.3, 0.4) is 0 Å². The molecule has 0 bridgehead atoms. The van der Waals surface area contributed by atoms with E-state index >= 15 is 0 Å².